The summed E-state index contributed by atoms with van der Waals surface area (Å²) in [5.41, 5.74) is -0.322. The summed E-state index contributed by atoms with van der Waals surface area (Å²) in [6, 6.07) is 0. The zero-order valence-electron chi connectivity index (χ0n) is 11.6. The van der Waals surface area contributed by atoms with Crippen LogP contribution in [0.25, 0.3) is 0 Å². The molecule has 5 heteroatoms. The van der Waals surface area contributed by atoms with E-state index in [0.29, 0.717) is 0 Å². The molecule has 0 amide bonds. The van der Waals surface area contributed by atoms with Crippen LogP contribution in [0.2, 0.25) is 0 Å². The summed E-state index contributed by atoms with van der Waals surface area (Å²) in [6.07, 6.45) is 3.82. The van der Waals surface area contributed by atoms with E-state index in [1.807, 2.05) is 6.92 Å². The van der Waals surface area contributed by atoms with E-state index in [1.165, 1.54) is 7.11 Å². The van der Waals surface area contributed by atoms with Gasteiger partial charge in [-0.15, -0.1) is 0 Å². The molecule has 0 aromatic heterocycles. The van der Waals surface area contributed by atoms with E-state index in [4.69, 9.17) is 0 Å². The van der Waals surface area contributed by atoms with Gasteiger partial charge in [-0.25, -0.2) is 8.42 Å². The molecule has 1 unspecified atom stereocenters. The number of hydrogen-bond donors (Lipinski definition) is 0. The first kappa shape index (κ1) is 15.5. The van der Waals surface area contributed by atoms with Crippen LogP contribution < -0.4 is 0 Å². The molecule has 1 atom stereocenters. The lowest BCUT2D eigenvalue weighted by molar-refractivity contribution is -0.141. The Labute approximate surface area is 110 Å². The lowest BCUT2D eigenvalue weighted by atomic mass is 10.1. The fourth-order valence-corrected chi connectivity index (χ4v) is 4.94. The van der Waals surface area contributed by atoms with Crippen molar-refractivity contribution in [1.82, 2.24) is 0 Å². The van der Waals surface area contributed by atoms with Gasteiger partial charge in [0.25, 0.3) is 0 Å². The minimum Gasteiger partial charge on any atom is -0.469 e. The molecular formula is C13H24O4S. The number of ether oxygens (including phenoxy) is 1. The van der Waals surface area contributed by atoms with Crippen molar-refractivity contribution in [3.63, 3.8) is 0 Å². The van der Waals surface area contributed by atoms with Crippen LogP contribution in [0.3, 0.4) is 0 Å². The van der Waals surface area contributed by atoms with Crippen LogP contribution in [0.1, 0.15) is 46.0 Å². The number of hydrogen-bond acceptors (Lipinski definition) is 4. The van der Waals surface area contributed by atoms with Crippen LogP contribution in [0, 0.1) is 11.3 Å². The van der Waals surface area contributed by atoms with Gasteiger partial charge in [-0.05, 0) is 24.2 Å². The number of carbonyl (C=O) groups is 1. The zero-order chi connectivity index (χ0) is 13.8. The van der Waals surface area contributed by atoms with Gasteiger partial charge in [-0.1, -0.05) is 26.7 Å². The average Bonchev–Trinajstić information content (AvgIpc) is 2.95. The predicted molar refractivity (Wildman–Crippen MR) is 71.0 cm³/mol. The van der Waals surface area contributed by atoms with Gasteiger partial charge in [-0.2, -0.15) is 0 Å². The van der Waals surface area contributed by atoms with E-state index in [2.05, 4.69) is 11.7 Å². The second-order valence-corrected chi connectivity index (χ2v) is 7.81. The number of methoxy groups -OCH3 is 1. The Morgan fingerprint density at radius 3 is 2.44 bits per heavy atom. The summed E-state index contributed by atoms with van der Waals surface area (Å²) in [4.78, 5) is 11.3. The van der Waals surface area contributed by atoms with E-state index >= 15 is 0 Å². The van der Waals surface area contributed by atoms with Crippen molar-refractivity contribution in [2.24, 2.45) is 11.3 Å². The van der Waals surface area contributed by atoms with Gasteiger partial charge in [0.2, 0.25) is 0 Å². The highest BCUT2D eigenvalue weighted by molar-refractivity contribution is 7.91. The molecule has 0 aromatic rings. The molecule has 1 rings (SSSR count). The first-order valence-electron chi connectivity index (χ1n) is 6.60. The van der Waals surface area contributed by atoms with Crippen LogP contribution in [0.5, 0.6) is 0 Å². The Kier molecular flexibility index (Phi) is 5.20. The second-order valence-electron chi connectivity index (χ2n) is 5.70. The van der Waals surface area contributed by atoms with Gasteiger partial charge < -0.3 is 4.74 Å². The largest absolute Gasteiger partial charge is 0.469 e. The molecule has 1 saturated carbocycles. The fraction of sp³-hybridized carbons (Fsp3) is 0.923. The molecule has 0 N–H and O–H groups in total. The van der Waals surface area contributed by atoms with E-state index in [-0.39, 0.29) is 35.2 Å². The topological polar surface area (TPSA) is 60.4 Å². The van der Waals surface area contributed by atoms with E-state index in [0.717, 1.165) is 25.7 Å². The van der Waals surface area contributed by atoms with Crippen molar-refractivity contribution < 1.29 is 17.9 Å². The number of rotatable bonds is 8. The van der Waals surface area contributed by atoms with Crippen molar-refractivity contribution in [2.75, 3.05) is 18.6 Å². The average molecular weight is 276 g/mol. The summed E-state index contributed by atoms with van der Waals surface area (Å²) in [5, 5.41) is 0. The number of sulfone groups is 1. The zero-order valence-corrected chi connectivity index (χ0v) is 12.4. The Bertz CT molecular complexity index is 382. The molecule has 18 heavy (non-hydrogen) atoms. The Morgan fingerprint density at radius 1 is 1.39 bits per heavy atom. The second kappa shape index (κ2) is 6.04. The number of esters is 1. The lowest BCUT2D eigenvalue weighted by Crippen LogP contribution is -2.25. The summed E-state index contributed by atoms with van der Waals surface area (Å²) in [7, 11) is -1.72. The molecule has 0 bridgehead atoms. The van der Waals surface area contributed by atoms with E-state index in [9.17, 15) is 13.2 Å². The smallest absolute Gasteiger partial charge is 0.306 e. The first-order chi connectivity index (χ1) is 8.32. The van der Waals surface area contributed by atoms with E-state index < -0.39 is 9.84 Å². The molecule has 0 heterocycles. The third-order valence-corrected chi connectivity index (χ3v) is 5.68. The van der Waals surface area contributed by atoms with Crippen molar-refractivity contribution in [3.8, 4) is 0 Å². The monoisotopic (exact) mass is 276 g/mol. The standard InChI is InChI=1S/C13H24O4S/c1-4-5-11(2)9-18(15,16)10-13(6-7-13)8-12(14)17-3/h11H,4-10H2,1-3H3. The molecule has 4 nitrogen and oxygen atoms in total. The molecule has 0 saturated heterocycles. The lowest BCUT2D eigenvalue weighted by Gasteiger charge is -2.16. The summed E-state index contributed by atoms with van der Waals surface area (Å²) in [6.45, 7) is 4.03. The molecule has 0 aliphatic heterocycles. The number of carbonyl (C=O) groups excluding carboxylic acids is 1. The minimum atomic E-state index is -3.06. The summed E-state index contributed by atoms with van der Waals surface area (Å²) in [5.74, 6) is 0.283. The predicted octanol–water partition coefficient (Wildman–Crippen LogP) is 2.18. The van der Waals surface area contributed by atoms with Crippen LogP contribution in [-0.2, 0) is 19.4 Å². The molecule has 1 aliphatic rings. The maximum Gasteiger partial charge on any atom is 0.306 e. The Morgan fingerprint density at radius 2 is 2.00 bits per heavy atom. The third kappa shape index (κ3) is 4.96. The molecule has 1 aliphatic carbocycles. The molecular weight excluding hydrogens is 252 g/mol. The van der Waals surface area contributed by atoms with Crippen molar-refractivity contribution in [2.45, 2.75) is 46.0 Å². The fourth-order valence-electron chi connectivity index (χ4n) is 2.46. The Hall–Kier alpha value is -0.580. The van der Waals surface area contributed by atoms with Gasteiger partial charge in [-0.3, -0.25) is 4.79 Å². The van der Waals surface area contributed by atoms with Gasteiger partial charge in [0.05, 0.1) is 25.0 Å². The first-order valence-corrected chi connectivity index (χ1v) is 8.42. The van der Waals surface area contributed by atoms with Crippen molar-refractivity contribution in [1.29, 1.82) is 0 Å². The molecule has 0 radical (unpaired) electrons. The van der Waals surface area contributed by atoms with Gasteiger partial charge in [0, 0.05) is 0 Å². The van der Waals surface area contributed by atoms with Gasteiger partial charge >= 0.3 is 5.97 Å². The van der Waals surface area contributed by atoms with Crippen LogP contribution in [-0.4, -0.2) is 33.0 Å². The summed E-state index contributed by atoms with van der Waals surface area (Å²) >= 11 is 0. The SMILES string of the molecule is CCCC(C)CS(=O)(=O)CC1(CC(=O)OC)CC1. The maximum atomic E-state index is 12.1. The molecule has 0 spiro atoms. The normalized spacial score (nSPS) is 19.3. The Balaban J connectivity index is 2.52. The van der Waals surface area contributed by atoms with Gasteiger partial charge in [0.1, 0.15) is 0 Å². The van der Waals surface area contributed by atoms with E-state index in [1.54, 1.807) is 0 Å². The quantitative estimate of drug-likeness (QED) is 0.638. The highest BCUT2D eigenvalue weighted by atomic mass is 32.2. The van der Waals surface area contributed by atoms with Crippen LogP contribution in [0.15, 0.2) is 0 Å². The third-order valence-electron chi connectivity index (χ3n) is 3.55. The van der Waals surface area contributed by atoms with Crippen molar-refractivity contribution in [3.05, 3.63) is 0 Å². The molecule has 106 valence electrons. The van der Waals surface area contributed by atoms with Gasteiger partial charge in [0.15, 0.2) is 9.84 Å². The molecule has 1 fully saturated rings. The van der Waals surface area contributed by atoms with Crippen LogP contribution >= 0.6 is 0 Å². The minimum absolute atomic E-state index is 0.142. The highest BCUT2D eigenvalue weighted by Crippen LogP contribution is 2.50. The van der Waals surface area contributed by atoms with Crippen LogP contribution in [0.4, 0.5) is 0 Å². The maximum absolute atomic E-state index is 12.1. The summed E-state index contributed by atoms with van der Waals surface area (Å²) < 4.78 is 28.8. The van der Waals surface area contributed by atoms with Crippen molar-refractivity contribution >= 4 is 15.8 Å². The molecule has 0 aromatic carbocycles. The highest BCUT2D eigenvalue weighted by Gasteiger charge is 2.47.